The SMILES string of the molecule is Cc1conc1C(=O)NC(c1nc2cc(CN3CC(C(F)(F)F)NC3=O)ccc2o1)C(C1CC1)C1CC1. The summed E-state index contributed by atoms with van der Waals surface area (Å²) in [5.41, 5.74) is 2.49. The zero-order valence-electron chi connectivity index (χ0n) is 20.0. The van der Waals surface area contributed by atoms with Crippen LogP contribution in [-0.2, 0) is 6.54 Å². The number of amides is 3. The van der Waals surface area contributed by atoms with Crippen molar-refractivity contribution >= 4 is 23.0 Å². The highest BCUT2D eigenvalue weighted by molar-refractivity contribution is 5.93. The fraction of sp³-hybridized carbons (Fsp3) is 0.520. The van der Waals surface area contributed by atoms with Gasteiger partial charge < -0.3 is 24.5 Å². The van der Waals surface area contributed by atoms with E-state index < -0.39 is 30.8 Å². The molecule has 2 aliphatic carbocycles. The van der Waals surface area contributed by atoms with Crippen molar-refractivity contribution < 1.29 is 31.7 Å². The maximum Gasteiger partial charge on any atom is 0.410 e. The lowest BCUT2D eigenvalue weighted by Crippen LogP contribution is -2.40. The zero-order chi connectivity index (χ0) is 25.9. The van der Waals surface area contributed by atoms with Gasteiger partial charge in [-0.15, -0.1) is 0 Å². The number of hydrogen-bond acceptors (Lipinski definition) is 6. The van der Waals surface area contributed by atoms with Gasteiger partial charge in [-0.1, -0.05) is 11.2 Å². The second kappa shape index (κ2) is 8.77. The summed E-state index contributed by atoms with van der Waals surface area (Å²) in [5.74, 6) is 1.19. The van der Waals surface area contributed by atoms with E-state index in [0.717, 1.165) is 30.6 Å². The van der Waals surface area contributed by atoms with Gasteiger partial charge in [0.05, 0.1) is 6.54 Å². The second-order valence-corrected chi connectivity index (χ2v) is 10.3. The fourth-order valence-electron chi connectivity index (χ4n) is 5.28. The predicted octanol–water partition coefficient (Wildman–Crippen LogP) is 4.49. The van der Waals surface area contributed by atoms with Gasteiger partial charge in [-0.2, -0.15) is 13.2 Å². The van der Waals surface area contributed by atoms with Crippen molar-refractivity contribution in [1.29, 1.82) is 0 Å². The number of oxazole rings is 1. The highest BCUT2D eigenvalue weighted by Crippen LogP contribution is 2.54. The van der Waals surface area contributed by atoms with Gasteiger partial charge in [-0.05, 0) is 68.1 Å². The Morgan fingerprint density at radius 1 is 1.24 bits per heavy atom. The van der Waals surface area contributed by atoms with Crippen LogP contribution in [0, 0.1) is 24.7 Å². The Hall–Kier alpha value is -3.57. The van der Waals surface area contributed by atoms with E-state index in [1.165, 1.54) is 6.26 Å². The van der Waals surface area contributed by atoms with E-state index in [4.69, 9.17) is 13.9 Å². The highest BCUT2D eigenvalue weighted by Gasteiger charge is 2.49. The van der Waals surface area contributed by atoms with Crippen molar-refractivity contribution in [3.8, 4) is 0 Å². The summed E-state index contributed by atoms with van der Waals surface area (Å²) in [4.78, 5) is 30.9. The van der Waals surface area contributed by atoms with Crippen molar-refractivity contribution in [3.05, 3.63) is 47.2 Å². The average molecular weight is 518 g/mol. The molecule has 2 saturated carbocycles. The highest BCUT2D eigenvalue weighted by atomic mass is 19.4. The lowest BCUT2D eigenvalue weighted by atomic mass is 9.89. The number of aryl methyl sites for hydroxylation is 1. The van der Waals surface area contributed by atoms with Gasteiger partial charge >= 0.3 is 12.2 Å². The molecule has 2 N–H and O–H groups in total. The molecule has 12 heteroatoms. The number of halogens is 3. The first-order valence-corrected chi connectivity index (χ1v) is 12.4. The largest absolute Gasteiger partial charge is 0.438 e. The maximum atomic E-state index is 13.1. The normalized spacial score (nSPS) is 21.1. The van der Waals surface area contributed by atoms with Gasteiger partial charge in [-0.3, -0.25) is 4.79 Å². The number of rotatable bonds is 8. The van der Waals surface area contributed by atoms with Crippen LogP contribution in [0.4, 0.5) is 18.0 Å². The molecular weight excluding hydrogens is 491 g/mol. The Bertz CT molecular complexity index is 1330. The topological polar surface area (TPSA) is 114 Å². The molecule has 0 radical (unpaired) electrons. The molecule has 9 nitrogen and oxygen atoms in total. The molecule has 3 fully saturated rings. The third-order valence-corrected chi connectivity index (χ3v) is 7.46. The van der Waals surface area contributed by atoms with Gasteiger partial charge in [0.25, 0.3) is 5.91 Å². The summed E-state index contributed by atoms with van der Waals surface area (Å²) >= 11 is 0. The summed E-state index contributed by atoms with van der Waals surface area (Å²) in [6, 6.07) is 2.02. The molecule has 2 unspecified atom stereocenters. The lowest BCUT2D eigenvalue weighted by molar-refractivity contribution is -0.149. The average Bonchev–Trinajstić information content (AvgIpc) is 3.74. The van der Waals surface area contributed by atoms with Crippen LogP contribution < -0.4 is 10.6 Å². The predicted molar refractivity (Wildman–Crippen MR) is 123 cm³/mol. The van der Waals surface area contributed by atoms with E-state index in [2.05, 4.69) is 10.5 Å². The molecule has 196 valence electrons. The number of nitrogens with zero attached hydrogens (tertiary/aromatic N) is 3. The van der Waals surface area contributed by atoms with E-state index in [0.29, 0.717) is 40.0 Å². The fourth-order valence-corrected chi connectivity index (χ4v) is 5.28. The van der Waals surface area contributed by atoms with E-state index in [1.54, 1.807) is 25.1 Å². The first-order valence-electron chi connectivity index (χ1n) is 12.4. The first kappa shape index (κ1) is 23.8. The van der Waals surface area contributed by atoms with Crippen molar-refractivity contribution in [2.24, 2.45) is 17.8 Å². The Balaban J connectivity index is 1.26. The molecule has 0 spiro atoms. The Morgan fingerprint density at radius 2 is 1.97 bits per heavy atom. The molecule has 0 bridgehead atoms. The second-order valence-electron chi connectivity index (χ2n) is 10.3. The Labute approximate surface area is 209 Å². The number of carbonyl (C=O) groups is 2. The standard InChI is InChI=1S/C25H26F3N5O4/c1-12-11-36-32-20(12)22(34)31-21(19(14-3-4-14)15-5-6-15)23-29-16-8-13(2-7-17(16)37-23)9-33-10-18(25(26,27)28)30-24(33)35/h2,7-8,11,14-15,18-19,21H,3-6,9-10H2,1H3,(H,30,35)(H,31,34). The van der Waals surface area contributed by atoms with Crippen molar-refractivity contribution in [2.75, 3.05) is 6.54 Å². The molecular formula is C25H26F3N5O4. The van der Waals surface area contributed by atoms with Gasteiger partial charge in [0.1, 0.15) is 23.9 Å². The number of aromatic nitrogens is 2. The quantitative estimate of drug-likeness (QED) is 0.455. The molecule has 6 rings (SSSR count). The van der Waals surface area contributed by atoms with Crippen LogP contribution in [0.15, 0.2) is 33.4 Å². The number of benzene rings is 1. The van der Waals surface area contributed by atoms with Crippen LogP contribution in [0.2, 0.25) is 0 Å². The summed E-state index contributed by atoms with van der Waals surface area (Å²) in [6.45, 7) is 1.30. The van der Waals surface area contributed by atoms with Crippen LogP contribution in [0.3, 0.4) is 0 Å². The van der Waals surface area contributed by atoms with E-state index in [9.17, 15) is 22.8 Å². The van der Waals surface area contributed by atoms with Crippen LogP contribution in [0.5, 0.6) is 0 Å². The summed E-state index contributed by atoms with van der Waals surface area (Å²) < 4.78 is 50.1. The number of urea groups is 1. The minimum Gasteiger partial charge on any atom is -0.438 e. The van der Waals surface area contributed by atoms with Crippen molar-refractivity contribution in [3.63, 3.8) is 0 Å². The number of hydrogen-bond donors (Lipinski definition) is 2. The van der Waals surface area contributed by atoms with E-state index in [-0.39, 0.29) is 24.1 Å². The number of nitrogens with one attached hydrogen (secondary N) is 2. The number of carbonyl (C=O) groups excluding carboxylic acids is 2. The minimum absolute atomic E-state index is 0.00885. The zero-order valence-corrected chi connectivity index (χ0v) is 20.0. The van der Waals surface area contributed by atoms with Crippen LogP contribution in [0.1, 0.15) is 59.2 Å². The lowest BCUT2D eigenvalue weighted by Gasteiger charge is -2.25. The van der Waals surface area contributed by atoms with Gasteiger partial charge in [0.2, 0.25) is 5.89 Å². The van der Waals surface area contributed by atoms with Gasteiger partial charge in [-0.25, -0.2) is 9.78 Å². The van der Waals surface area contributed by atoms with Gasteiger partial charge in [0, 0.05) is 12.1 Å². The molecule has 3 amide bonds. The molecule has 3 aromatic rings. The number of alkyl halides is 3. The molecule has 3 heterocycles. The van der Waals surface area contributed by atoms with Crippen LogP contribution in [0.25, 0.3) is 11.1 Å². The molecule has 2 aromatic heterocycles. The smallest absolute Gasteiger partial charge is 0.410 e. The Morgan fingerprint density at radius 3 is 2.57 bits per heavy atom. The monoisotopic (exact) mass is 517 g/mol. The van der Waals surface area contributed by atoms with Crippen LogP contribution >= 0.6 is 0 Å². The molecule has 3 aliphatic rings. The summed E-state index contributed by atoms with van der Waals surface area (Å²) in [6.07, 6.45) is 1.30. The van der Waals surface area contributed by atoms with Crippen molar-refractivity contribution in [1.82, 2.24) is 25.7 Å². The minimum atomic E-state index is -4.50. The van der Waals surface area contributed by atoms with Crippen LogP contribution in [-0.4, -0.2) is 45.7 Å². The summed E-state index contributed by atoms with van der Waals surface area (Å²) in [5, 5.41) is 8.89. The molecule has 2 atom stereocenters. The van der Waals surface area contributed by atoms with Crippen molar-refractivity contribution in [2.45, 2.75) is 57.4 Å². The molecule has 1 aliphatic heterocycles. The number of fused-ring (bicyclic) bond motifs is 1. The van der Waals surface area contributed by atoms with E-state index in [1.807, 2.05) is 5.32 Å². The Kier molecular flexibility index (Phi) is 5.64. The maximum absolute atomic E-state index is 13.1. The third kappa shape index (κ3) is 4.76. The van der Waals surface area contributed by atoms with E-state index >= 15 is 0 Å². The molecule has 1 aromatic carbocycles. The first-order chi connectivity index (χ1) is 17.7. The van der Waals surface area contributed by atoms with Gasteiger partial charge in [0.15, 0.2) is 11.3 Å². The summed E-state index contributed by atoms with van der Waals surface area (Å²) in [7, 11) is 0. The third-order valence-electron chi connectivity index (χ3n) is 7.46. The molecule has 37 heavy (non-hydrogen) atoms. The molecule has 1 saturated heterocycles.